The summed E-state index contributed by atoms with van der Waals surface area (Å²) in [5.41, 5.74) is -0.288. The van der Waals surface area contributed by atoms with E-state index in [-0.39, 0.29) is 10.6 Å². The first-order chi connectivity index (χ1) is 10.0. The molecule has 1 aromatic rings. The Bertz CT molecular complexity index is 819. The van der Waals surface area contributed by atoms with Crippen molar-refractivity contribution in [3.8, 4) is 0 Å². The van der Waals surface area contributed by atoms with Gasteiger partial charge in [-0.1, -0.05) is 11.6 Å². The number of nitrogens with one attached hydrogen (secondary N) is 1. The van der Waals surface area contributed by atoms with E-state index in [1.165, 1.54) is 0 Å². The van der Waals surface area contributed by atoms with E-state index in [9.17, 15) is 26.7 Å². The third-order valence-corrected chi connectivity index (χ3v) is 6.78. The zero-order valence-corrected chi connectivity index (χ0v) is 13.3. The topological polar surface area (TPSA) is 138 Å². The summed E-state index contributed by atoms with van der Waals surface area (Å²) in [6.45, 7) is 0. The van der Waals surface area contributed by atoms with Gasteiger partial charge in [0.1, 0.15) is 4.90 Å². The van der Waals surface area contributed by atoms with Crippen LogP contribution < -0.4 is 4.72 Å². The first kappa shape index (κ1) is 17.2. The van der Waals surface area contributed by atoms with E-state index in [2.05, 4.69) is 0 Å². The van der Waals surface area contributed by atoms with Crippen molar-refractivity contribution in [1.29, 1.82) is 0 Å². The van der Waals surface area contributed by atoms with Crippen LogP contribution in [0.2, 0.25) is 5.02 Å². The molecular formula is C11H12ClNO7S2. The highest BCUT2D eigenvalue weighted by molar-refractivity contribution is 7.92. The summed E-state index contributed by atoms with van der Waals surface area (Å²) >= 11 is 5.77. The highest BCUT2D eigenvalue weighted by atomic mass is 35.5. The van der Waals surface area contributed by atoms with Crippen LogP contribution >= 0.6 is 11.6 Å². The fraction of sp³-hybridized carbons (Fsp3) is 0.364. The van der Waals surface area contributed by atoms with Gasteiger partial charge in [-0.15, -0.1) is 0 Å². The molecule has 0 aromatic heterocycles. The third kappa shape index (κ3) is 3.58. The predicted octanol–water partition coefficient (Wildman–Crippen LogP) is -0.526. The second-order valence-corrected chi connectivity index (χ2v) is 9.07. The van der Waals surface area contributed by atoms with E-state index >= 15 is 0 Å². The summed E-state index contributed by atoms with van der Waals surface area (Å²) in [6.07, 6.45) is -1.37. The minimum atomic E-state index is -4.28. The minimum absolute atomic E-state index is 0.215. The maximum Gasteiger partial charge on any atom is 0.335 e. The van der Waals surface area contributed by atoms with Gasteiger partial charge in [0.25, 0.3) is 0 Å². The van der Waals surface area contributed by atoms with Gasteiger partial charge in [0.15, 0.2) is 9.84 Å². The van der Waals surface area contributed by atoms with Crippen molar-refractivity contribution < 1.29 is 31.8 Å². The van der Waals surface area contributed by atoms with Crippen molar-refractivity contribution in [3.63, 3.8) is 0 Å². The van der Waals surface area contributed by atoms with Gasteiger partial charge in [-0.2, -0.15) is 0 Å². The standard InChI is InChI=1S/C11H12ClNO7S2/c12-7-2-1-6(11(15)16)3-10(7)22(19,20)13-8-4-21(17,18)5-9(8)14/h1-3,8-9,13-14H,4-5H2,(H,15,16)/t8-,9-/m0/s1. The molecule has 0 bridgehead atoms. The number of carboxylic acid groups (broad SMARTS) is 1. The largest absolute Gasteiger partial charge is 0.478 e. The van der Waals surface area contributed by atoms with E-state index < -0.39 is 54.4 Å². The molecule has 1 saturated heterocycles. The number of sulfonamides is 1. The lowest BCUT2D eigenvalue weighted by molar-refractivity contribution is 0.0696. The van der Waals surface area contributed by atoms with Gasteiger partial charge >= 0.3 is 5.97 Å². The zero-order chi connectivity index (χ0) is 16.7. The molecule has 2 atom stereocenters. The van der Waals surface area contributed by atoms with Crippen LogP contribution in [0.4, 0.5) is 0 Å². The average molecular weight is 370 g/mol. The van der Waals surface area contributed by atoms with Gasteiger partial charge < -0.3 is 10.2 Å². The molecule has 22 heavy (non-hydrogen) atoms. The van der Waals surface area contributed by atoms with Gasteiger partial charge in [0, 0.05) is 0 Å². The second kappa shape index (κ2) is 5.78. The fourth-order valence-electron chi connectivity index (χ4n) is 2.05. The van der Waals surface area contributed by atoms with E-state index in [4.69, 9.17) is 16.7 Å². The highest BCUT2D eigenvalue weighted by Crippen LogP contribution is 2.24. The number of carboxylic acids is 1. The van der Waals surface area contributed by atoms with Crippen molar-refractivity contribution >= 4 is 37.4 Å². The molecule has 0 saturated carbocycles. The molecule has 1 aromatic carbocycles. The van der Waals surface area contributed by atoms with E-state index in [1.54, 1.807) is 0 Å². The van der Waals surface area contributed by atoms with Gasteiger partial charge in [0.2, 0.25) is 10.0 Å². The Balaban J connectivity index is 2.35. The Morgan fingerprint density at radius 3 is 2.45 bits per heavy atom. The lowest BCUT2D eigenvalue weighted by Crippen LogP contribution is -2.42. The predicted molar refractivity (Wildman–Crippen MR) is 77.2 cm³/mol. The molecule has 8 nitrogen and oxygen atoms in total. The summed E-state index contributed by atoms with van der Waals surface area (Å²) < 4.78 is 49.3. The SMILES string of the molecule is O=C(O)c1ccc(Cl)c(S(=O)(=O)N[C@H]2CS(=O)(=O)C[C@@H]2O)c1. The number of benzene rings is 1. The van der Waals surface area contributed by atoms with Gasteiger partial charge in [-0.05, 0) is 18.2 Å². The molecule has 122 valence electrons. The molecule has 0 amide bonds. The van der Waals surface area contributed by atoms with Gasteiger partial charge in [0.05, 0.1) is 34.2 Å². The van der Waals surface area contributed by atoms with Crippen molar-refractivity contribution in [1.82, 2.24) is 4.72 Å². The molecule has 1 heterocycles. The molecule has 1 aliphatic heterocycles. The first-order valence-corrected chi connectivity index (χ1v) is 9.64. The lowest BCUT2D eigenvalue weighted by Gasteiger charge is -2.16. The molecular weight excluding hydrogens is 358 g/mol. The van der Waals surface area contributed by atoms with E-state index in [0.717, 1.165) is 18.2 Å². The van der Waals surface area contributed by atoms with E-state index in [0.29, 0.717) is 0 Å². The lowest BCUT2D eigenvalue weighted by atomic mass is 10.2. The summed E-state index contributed by atoms with van der Waals surface area (Å²) in [7, 11) is -7.82. The van der Waals surface area contributed by atoms with Crippen LogP contribution in [-0.4, -0.2) is 56.7 Å². The van der Waals surface area contributed by atoms with Gasteiger partial charge in [-0.3, -0.25) is 0 Å². The number of sulfone groups is 1. The molecule has 0 aliphatic carbocycles. The first-order valence-electron chi connectivity index (χ1n) is 5.95. The summed E-state index contributed by atoms with van der Waals surface area (Å²) in [5, 5.41) is 18.3. The highest BCUT2D eigenvalue weighted by Gasteiger charge is 2.39. The molecule has 0 spiro atoms. The number of carbonyl (C=O) groups is 1. The van der Waals surface area contributed by atoms with Crippen LogP contribution in [0.3, 0.4) is 0 Å². The van der Waals surface area contributed by atoms with Crippen LogP contribution in [0.25, 0.3) is 0 Å². The van der Waals surface area contributed by atoms with Crippen LogP contribution in [0.15, 0.2) is 23.1 Å². The normalized spacial score (nSPS) is 24.3. The maximum absolute atomic E-state index is 12.2. The Morgan fingerprint density at radius 2 is 1.95 bits per heavy atom. The number of hydrogen-bond acceptors (Lipinski definition) is 6. The number of aliphatic hydroxyl groups is 1. The van der Waals surface area contributed by atoms with Gasteiger partial charge in [-0.25, -0.2) is 26.4 Å². The fourth-order valence-corrected chi connectivity index (χ4v) is 5.69. The number of halogens is 1. The quantitative estimate of drug-likeness (QED) is 0.648. The number of aromatic carboxylic acids is 1. The van der Waals surface area contributed by atoms with Crippen molar-refractivity contribution in [2.24, 2.45) is 0 Å². The Hall–Kier alpha value is -1.20. The maximum atomic E-state index is 12.2. The Kier molecular flexibility index (Phi) is 4.51. The second-order valence-electron chi connectivity index (χ2n) is 4.82. The number of aliphatic hydroxyl groups excluding tert-OH is 1. The molecule has 0 unspecified atom stereocenters. The van der Waals surface area contributed by atoms with Crippen LogP contribution in [-0.2, 0) is 19.9 Å². The van der Waals surface area contributed by atoms with E-state index in [1.807, 2.05) is 4.72 Å². The molecule has 2 rings (SSSR count). The monoisotopic (exact) mass is 369 g/mol. The van der Waals surface area contributed by atoms with Crippen LogP contribution in [0, 0.1) is 0 Å². The van der Waals surface area contributed by atoms with Crippen molar-refractivity contribution in [2.45, 2.75) is 17.0 Å². The summed E-state index contributed by atoms with van der Waals surface area (Å²) in [4.78, 5) is 10.4. The molecule has 11 heteroatoms. The van der Waals surface area contributed by atoms with Crippen molar-refractivity contribution in [3.05, 3.63) is 28.8 Å². The molecule has 0 radical (unpaired) electrons. The Morgan fingerprint density at radius 1 is 1.32 bits per heavy atom. The smallest absolute Gasteiger partial charge is 0.335 e. The number of rotatable bonds is 4. The average Bonchev–Trinajstić information content (AvgIpc) is 2.61. The Labute approximate surface area is 131 Å². The zero-order valence-electron chi connectivity index (χ0n) is 10.9. The molecule has 1 fully saturated rings. The number of hydrogen-bond donors (Lipinski definition) is 3. The van der Waals surface area contributed by atoms with Crippen LogP contribution in [0.1, 0.15) is 10.4 Å². The van der Waals surface area contributed by atoms with Crippen molar-refractivity contribution in [2.75, 3.05) is 11.5 Å². The molecule has 1 aliphatic rings. The third-order valence-electron chi connectivity index (χ3n) is 3.10. The minimum Gasteiger partial charge on any atom is -0.478 e. The summed E-state index contributed by atoms with van der Waals surface area (Å²) in [5.74, 6) is -2.41. The van der Waals surface area contributed by atoms with Crippen LogP contribution in [0.5, 0.6) is 0 Å². The molecule has 3 N–H and O–H groups in total. The summed E-state index contributed by atoms with van der Waals surface area (Å²) in [6, 6.07) is 1.91.